The van der Waals surface area contributed by atoms with E-state index in [9.17, 15) is 4.79 Å². The van der Waals surface area contributed by atoms with Gasteiger partial charge in [0.2, 0.25) is 0 Å². The Morgan fingerprint density at radius 1 is 1.36 bits per heavy atom. The van der Waals surface area contributed by atoms with E-state index in [1.165, 1.54) is 10.9 Å². The van der Waals surface area contributed by atoms with Crippen LogP contribution in [0.15, 0.2) is 30.5 Å². The van der Waals surface area contributed by atoms with Gasteiger partial charge in [0.25, 0.3) is 5.91 Å². The predicted octanol–water partition coefficient (Wildman–Crippen LogP) is 1.42. The van der Waals surface area contributed by atoms with Crippen LogP contribution in [0.3, 0.4) is 0 Å². The minimum Gasteiger partial charge on any atom is -0.494 e. The van der Waals surface area contributed by atoms with Crippen LogP contribution in [0.2, 0.25) is 0 Å². The van der Waals surface area contributed by atoms with E-state index in [1.807, 2.05) is 31.2 Å². The number of rotatable bonds is 3. The zero-order valence-electron chi connectivity index (χ0n) is 12.2. The Balaban J connectivity index is 2.26. The number of aromatic nitrogens is 3. The molecule has 0 saturated heterocycles. The molecule has 0 radical (unpaired) electrons. The van der Waals surface area contributed by atoms with Crippen LogP contribution in [-0.4, -0.2) is 27.8 Å². The Labute approximate surface area is 126 Å². The number of methoxy groups -OCH3 is 1. The number of nitrogens with zero attached hydrogens (tertiary/aromatic N) is 3. The van der Waals surface area contributed by atoms with Crippen molar-refractivity contribution in [1.82, 2.24) is 14.8 Å². The number of primary amides is 1. The second-order valence-corrected chi connectivity index (χ2v) is 4.87. The Hall–Kier alpha value is -3.09. The van der Waals surface area contributed by atoms with Crippen molar-refractivity contribution in [3.8, 4) is 11.6 Å². The number of pyridine rings is 1. The summed E-state index contributed by atoms with van der Waals surface area (Å²) in [4.78, 5) is 15.8. The van der Waals surface area contributed by atoms with E-state index >= 15 is 0 Å². The largest absolute Gasteiger partial charge is 0.494 e. The van der Waals surface area contributed by atoms with Gasteiger partial charge in [-0.05, 0) is 24.6 Å². The average Bonchev–Trinajstić information content (AvgIpc) is 2.88. The molecule has 0 aliphatic rings. The number of carbonyl (C=O) groups excluding carboxylic acids is 1. The lowest BCUT2D eigenvalue weighted by Crippen LogP contribution is -2.13. The highest BCUT2D eigenvalue weighted by atomic mass is 16.5. The van der Waals surface area contributed by atoms with E-state index in [0.717, 1.165) is 10.9 Å². The Kier molecular flexibility index (Phi) is 3.17. The third-order valence-corrected chi connectivity index (χ3v) is 3.50. The number of nitrogen functional groups attached to an aromatic ring is 1. The highest BCUT2D eigenvalue weighted by Gasteiger charge is 2.16. The molecule has 7 nitrogen and oxygen atoms in total. The van der Waals surface area contributed by atoms with Gasteiger partial charge in [-0.15, -0.1) is 0 Å². The smallest absolute Gasteiger partial charge is 0.254 e. The van der Waals surface area contributed by atoms with Gasteiger partial charge in [-0.25, -0.2) is 4.98 Å². The molecule has 1 amide bonds. The Morgan fingerprint density at radius 2 is 2.14 bits per heavy atom. The average molecular weight is 297 g/mol. The van der Waals surface area contributed by atoms with E-state index in [4.69, 9.17) is 16.2 Å². The maximum Gasteiger partial charge on any atom is 0.254 e. The molecule has 0 saturated carbocycles. The summed E-state index contributed by atoms with van der Waals surface area (Å²) >= 11 is 0. The molecule has 0 bridgehead atoms. The van der Waals surface area contributed by atoms with Gasteiger partial charge in [-0.3, -0.25) is 4.79 Å². The lowest BCUT2D eigenvalue weighted by Gasteiger charge is -2.10. The van der Waals surface area contributed by atoms with Crippen molar-refractivity contribution in [2.45, 2.75) is 6.92 Å². The second-order valence-electron chi connectivity index (χ2n) is 4.87. The van der Waals surface area contributed by atoms with Crippen molar-refractivity contribution >= 4 is 22.6 Å². The van der Waals surface area contributed by atoms with Crippen LogP contribution in [-0.2, 0) is 0 Å². The van der Waals surface area contributed by atoms with Crippen LogP contribution in [0.25, 0.3) is 16.7 Å². The van der Waals surface area contributed by atoms with Crippen molar-refractivity contribution < 1.29 is 9.53 Å². The Bertz CT molecular complexity index is 885. The van der Waals surface area contributed by atoms with Gasteiger partial charge in [0.1, 0.15) is 22.6 Å². The van der Waals surface area contributed by atoms with Gasteiger partial charge in [0, 0.05) is 5.39 Å². The molecule has 3 rings (SSSR count). The van der Waals surface area contributed by atoms with Crippen LogP contribution in [0.4, 0.5) is 5.82 Å². The SMILES string of the molecule is COc1cccc2c(C)cc(-n3ncc(C(N)=O)c3N)nc12. The van der Waals surface area contributed by atoms with Crippen LogP contribution < -0.4 is 16.2 Å². The first-order chi connectivity index (χ1) is 10.5. The number of hydrogen-bond acceptors (Lipinski definition) is 5. The molecule has 0 unspecified atom stereocenters. The molecule has 0 fully saturated rings. The summed E-state index contributed by atoms with van der Waals surface area (Å²) in [5.41, 5.74) is 13.1. The minimum atomic E-state index is -0.626. The molecule has 0 spiro atoms. The fraction of sp³-hybridized carbons (Fsp3) is 0.133. The van der Waals surface area contributed by atoms with Crippen LogP contribution >= 0.6 is 0 Å². The van der Waals surface area contributed by atoms with E-state index in [1.54, 1.807) is 7.11 Å². The molecule has 22 heavy (non-hydrogen) atoms. The molecule has 3 aromatic rings. The minimum absolute atomic E-state index is 0.161. The zero-order chi connectivity index (χ0) is 15.9. The van der Waals surface area contributed by atoms with Crippen LogP contribution in [0.1, 0.15) is 15.9 Å². The number of benzene rings is 1. The van der Waals surface area contributed by atoms with Gasteiger partial charge < -0.3 is 16.2 Å². The van der Waals surface area contributed by atoms with Crippen LogP contribution in [0.5, 0.6) is 5.75 Å². The fourth-order valence-electron chi connectivity index (χ4n) is 2.38. The summed E-state index contributed by atoms with van der Waals surface area (Å²) in [6, 6.07) is 7.55. The first-order valence-electron chi connectivity index (χ1n) is 6.61. The number of para-hydroxylation sites is 1. The summed E-state index contributed by atoms with van der Waals surface area (Å²) in [6.45, 7) is 1.96. The van der Waals surface area contributed by atoms with Crippen molar-refractivity contribution in [3.63, 3.8) is 0 Å². The summed E-state index contributed by atoms with van der Waals surface area (Å²) in [5.74, 6) is 0.690. The number of hydrogen-bond donors (Lipinski definition) is 2. The molecular weight excluding hydrogens is 282 g/mol. The molecule has 7 heteroatoms. The summed E-state index contributed by atoms with van der Waals surface area (Å²) in [7, 11) is 1.59. The van der Waals surface area contributed by atoms with E-state index in [2.05, 4.69) is 10.1 Å². The fourth-order valence-corrected chi connectivity index (χ4v) is 2.38. The van der Waals surface area contributed by atoms with Crippen LogP contribution in [0, 0.1) is 6.92 Å². The van der Waals surface area contributed by atoms with Gasteiger partial charge >= 0.3 is 0 Å². The number of ether oxygens (including phenoxy) is 1. The molecule has 4 N–H and O–H groups in total. The van der Waals surface area contributed by atoms with Gasteiger partial charge in [-0.1, -0.05) is 12.1 Å². The Morgan fingerprint density at radius 3 is 2.77 bits per heavy atom. The predicted molar refractivity (Wildman–Crippen MR) is 83.1 cm³/mol. The summed E-state index contributed by atoms with van der Waals surface area (Å²) in [5, 5.41) is 5.07. The number of anilines is 1. The van der Waals surface area contributed by atoms with Gasteiger partial charge in [-0.2, -0.15) is 9.78 Å². The molecule has 0 aliphatic carbocycles. The molecule has 112 valence electrons. The number of nitrogens with two attached hydrogens (primary N) is 2. The summed E-state index contributed by atoms with van der Waals surface area (Å²) in [6.07, 6.45) is 1.33. The highest BCUT2D eigenvalue weighted by Crippen LogP contribution is 2.28. The third-order valence-electron chi connectivity index (χ3n) is 3.50. The van der Waals surface area contributed by atoms with Crippen molar-refractivity contribution in [3.05, 3.63) is 41.6 Å². The zero-order valence-corrected chi connectivity index (χ0v) is 12.2. The lowest BCUT2D eigenvalue weighted by molar-refractivity contribution is 0.100. The van der Waals surface area contributed by atoms with E-state index < -0.39 is 5.91 Å². The van der Waals surface area contributed by atoms with E-state index in [-0.39, 0.29) is 11.4 Å². The number of amides is 1. The van der Waals surface area contributed by atoms with Crippen molar-refractivity contribution in [2.24, 2.45) is 5.73 Å². The van der Waals surface area contributed by atoms with Gasteiger partial charge in [0.05, 0.1) is 13.3 Å². The topological polar surface area (TPSA) is 109 Å². The molecule has 2 heterocycles. The first kappa shape index (κ1) is 13.9. The monoisotopic (exact) mass is 297 g/mol. The molecule has 0 atom stereocenters. The molecule has 1 aromatic carbocycles. The quantitative estimate of drug-likeness (QED) is 0.759. The number of fused-ring (bicyclic) bond motifs is 1. The van der Waals surface area contributed by atoms with Crippen molar-refractivity contribution in [1.29, 1.82) is 0 Å². The first-order valence-corrected chi connectivity index (χ1v) is 6.61. The summed E-state index contributed by atoms with van der Waals surface area (Å²) < 4.78 is 6.74. The lowest BCUT2D eigenvalue weighted by atomic mass is 10.1. The number of aryl methyl sites for hydroxylation is 1. The molecule has 2 aromatic heterocycles. The maximum atomic E-state index is 11.3. The van der Waals surface area contributed by atoms with E-state index in [0.29, 0.717) is 17.1 Å². The third kappa shape index (κ3) is 2.03. The molecule has 0 aliphatic heterocycles. The standard InChI is InChI=1S/C15H15N5O2/c1-8-6-12(20-14(16)10(7-18-20)15(17)21)19-13-9(8)4-3-5-11(13)22-2/h3-7H,16H2,1-2H3,(H2,17,21). The molecular formula is C15H15N5O2. The normalized spacial score (nSPS) is 10.8. The second kappa shape index (κ2) is 5.03. The van der Waals surface area contributed by atoms with Crippen molar-refractivity contribution in [2.75, 3.05) is 12.8 Å². The highest BCUT2D eigenvalue weighted by molar-refractivity contribution is 5.97. The number of carbonyl (C=O) groups is 1. The maximum absolute atomic E-state index is 11.3. The van der Waals surface area contributed by atoms with Gasteiger partial charge in [0.15, 0.2) is 5.82 Å².